The summed E-state index contributed by atoms with van der Waals surface area (Å²) in [5.74, 6) is -0.337. The van der Waals surface area contributed by atoms with Crippen LogP contribution in [-0.4, -0.2) is 16.9 Å². The minimum absolute atomic E-state index is 0.0593. The lowest BCUT2D eigenvalue weighted by atomic mass is 10.1. The second-order valence-electron chi connectivity index (χ2n) is 3.76. The molecule has 0 aliphatic carbocycles. The van der Waals surface area contributed by atoms with Gasteiger partial charge in [0.25, 0.3) is 5.69 Å². The van der Waals surface area contributed by atoms with Crippen LogP contribution in [0.5, 0.6) is 0 Å². The Bertz CT molecular complexity index is 446. The van der Waals surface area contributed by atoms with Gasteiger partial charge < -0.3 is 11.1 Å². The molecule has 0 aliphatic heterocycles. The van der Waals surface area contributed by atoms with Crippen LogP contribution in [0.15, 0.2) is 18.2 Å². The van der Waals surface area contributed by atoms with Crippen molar-refractivity contribution in [3.8, 4) is 0 Å². The predicted octanol–water partition coefficient (Wildman–Crippen LogP) is 1.58. The molecule has 0 bridgehead atoms. The van der Waals surface area contributed by atoms with Crippen LogP contribution in [0.3, 0.4) is 0 Å². The fourth-order valence-corrected chi connectivity index (χ4v) is 1.27. The van der Waals surface area contributed by atoms with Gasteiger partial charge in [-0.05, 0) is 18.9 Å². The first-order valence-electron chi connectivity index (χ1n) is 5.27. The first kappa shape index (κ1) is 13.1. The summed E-state index contributed by atoms with van der Waals surface area (Å²) in [7, 11) is 0. The maximum atomic E-state index is 11.6. The molecule has 0 aliphatic rings. The van der Waals surface area contributed by atoms with Crippen molar-refractivity contribution in [2.75, 3.05) is 5.32 Å². The van der Waals surface area contributed by atoms with Crippen molar-refractivity contribution in [3.63, 3.8) is 0 Å². The van der Waals surface area contributed by atoms with Crippen LogP contribution in [-0.2, 0) is 4.79 Å². The molecule has 6 nitrogen and oxygen atoms in total. The maximum absolute atomic E-state index is 11.6. The number of carbonyl (C=O) groups is 1. The highest BCUT2D eigenvalue weighted by molar-refractivity contribution is 5.95. The molecule has 1 aromatic carbocycles. The van der Waals surface area contributed by atoms with Crippen molar-refractivity contribution in [2.24, 2.45) is 5.73 Å². The van der Waals surface area contributed by atoms with Crippen molar-refractivity contribution in [1.29, 1.82) is 0 Å². The number of nitrogens with one attached hydrogen (secondary N) is 1. The van der Waals surface area contributed by atoms with Crippen LogP contribution in [0.25, 0.3) is 0 Å². The zero-order valence-electron chi connectivity index (χ0n) is 9.77. The molecule has 6 heteroatoms. The van der Waals surface area contributed by atoms with E-state index >= 15 is 0 Å². The summed E-state index contributed by atoms with van der Waals surface area (Å²) < 4.78 is 0. The zero-order valence-corrected chi connectivity index (χ0v) is 9.77. The smallest absolute Gasteiger partial charge is 0.271 e. The molecule has 0 saturated heterocycles. The number of nitro groups is 1. The first-order chi connectivity index (χ1) is 7.95. The summed E-state index contributed by atoms with van der Waals surface area (Å²) >= 11 is 0. The van der Waals surface area contributed by atoms with Gasteiger partial charge >= 0.3 is 0 Å². The van der Waals surface area contributed by atoms with E-state index in [2.05, 4.69) is 5.32 Å². The minimum atomic E-state index is -0.603. The second-order valence-corrected chi connectivity index (χ2v) is 3.76. The highest BCUT2D eigenvalue weighted by atomic mass is 16.6. The Labute approximate surface area is 99.0 Å². The second kappa shape index (κ2) is 5.40. The lowest BCUT2D eigenvalue weighted by molar-refractivity contribution is -0.384. The number of non-ortho nitro benzene ring substituents is 1. The molecule has 0 unspecified atom stereocenters. The number of benzene rings is 1. The molecule has 1 amide bonds. The number of hydrogen-bond donors (Lipinski definition) is 2. The van der Waals surface area contributed by atoms with E-state index in [4.69, 9.17) is 5.73 Å². The topological polar surface area (TPSA) is 98.3 Å². The van der Waals surface area contributed by atoms with Gasteiger partial charge in [-0.1, -0.05) is 13.0 Å². The molecular weight excluding hydrogens is 222 g/mol. The monoisotopic (exact) mass is 237 g/mol. The fourth-order valence-electron chi connectivity index (χ4n) is 1.27. The minimum Gasteiger partial charge on any atom is -0.324 e. The quantitative estimate of drug-likeness (QED) is 0.613. The highest BCUT2D eigenvalue weighted by Gasteiger charge is 2.14. The van der Waals surface area contributed by atoms with Gasteiger partial charge in [-0.25, -0.2) is 0 Å². The average molecular weight is 237 g/mol. The van der Waals surface area contributed by atoms with Crippen LogP contribution in [0.1, 0.15) is 18.9 Å². The summed E-state index contributed by atoms with van der Waals surface area (Å²) in [5.41, 5.74) is 6.69. The molecule has 1 aromatic rings. The summed E-state index contributed by atoms with van der Waals surface area (Å²) in [6, 6.07) is 3.71. The Morgan fingerprint density at radius 3 is 2.76 bits per heavy atom. The van der Waals surface area contributed by atoms with Gasteiger partial charge in [-0.2, -0.15) is 0 Å². The van der Waals surface area contributed by atoms with E-state index in [-0.39, 0.29) is 11.6 Å². The third kappa shape index (κ3) is 3.25. The van der Waals surface area contributed by atoms with Gasteiger partial charge in [0.2, 0.25) is 5.91 Å². The summed E-state index contributed by atoms with van der Waals surface area (Å²) in [6.45, 7) is 3.56. The number of nitro benzene ring substituents is 1. The normalized spacial score (nSPS) is 11.9. The number of anilines is 1. The van der Waals surface area contributed by atoms with Crippen LogP contribution in [0.4, 0.5) is 11.4 Å². The van der Waals surface area contributed by atoms with Crippen LogP contribution < -0.4 is 11.1 Å². The van der Waals surface area contributed by atoms with E-state index in [1.54, 1.807) is 19.9 Å². The van der Waals surface area contributed by atoms with E-state index in [9.17, 15) is 14.9 Å². The van der Waals surface area contributed by atoms with Gasteiger partial charge in [0.15, 0.2) is 0 Å². The van der Waals surface area contributed by atoms with Crippen molar-refractivity contribution in [1.82, 2.24) is 0 Å². The van der Waals surface area contributed by atoms with Gasteiger partial charge in [-0.15, -0.1) is 0 Å². The van der Waals surface area contributed by atoms with E-state index in [0.717, 1.165) is 5.56 Å². The molecule has 0 heterocycles. The standard InChI is InChI=1S/C11H15N3O3/c1-3-9(12)11(15)13-10-6-8(14(16)17)5-4-7(10)2/h4-6,9H,3,12H2,1-2H3,(H,13,15)/t9-/m1/s1. The number of nitrogens with two attached hydrogens (primary N) is 1. The number of rotatable bonds is 4. The summed E-state index contributed by atoms with van der Waals surface area (Å²) in [4.78, 5) is 21.7. The Balaban J connectivity index is 2.94. The number of hydrogen-bond acceptors (Lipinski definition) is 4. The molecule has 0 fully saturated rings. The molecule has 0 aromatic heterocycles. The van der Waals surface area contributed by atoms with Crippen molar-refractivity contribution < 1.29 is 9.72 Å². The van der Waals surface area contributed by atoms with Crippen molar-refractivity contribution in [2.45, 2.75) is 26.3 Å². The first-order valence-corrected chi connectivity index (χ1v) is 5.27. The third-order valence-electron chi connectivity index (χ3n) is 2.47. The van der Waals surface area contributed by atoms with Gasteiger partial charge in [0.05, 0.1) is 16.7 Å². The average Bonchev–Trinajstić information content (AvgIpc) is 2.30. The van der Waals surface area contributed by atoms with Gasteiger partial charge in [0.1, 0.15) is 0 Å². The molecule has 0 saturated carbocycles. The SMILES string of the molecule is CC[C@@H](N)C(=O)Nc1cc([N+](=O)[O-])ccc1C. The Morgan fingerprint density at radius 2 is 2.24 bits per heavy atom. The molecule has 3 N–H and O–H groups in total. The van der Waals surface area contributed by atoms with E-state index in [1.807, 2.05) is 0 Å². The largest absolute Gasteiger partial charge is 0.324 e. The molecule has 1 rings (SSSR count). The molecule has 0 spiro atoms. The van der Waals surface area contributed by atoms with Crippen LogP contribution in [0, 0.1) is 17.0 Å². The van der Waals surface area contributed by atoms with Crippen molar-refractivity contribution >= 4 is 17.3 Å². The maximum Gasteiger partial charge on any atom is 0.271 e. The zero-order chi connectivity index (χ0) is 13.0. The molecule has 92 valence electrons. The molecule has 1 atom stereocenters. The van der Waals surface area contributed by atoms with E-state index < -0.39 is 11.0 Å². The number of carbonyl (C=O) groups excluding carboxylic acids is 1. The van der Waals surface area contributed by atoms with Gasteiger partial charge in [0, 0.05) is 12.1 Å². The summed E-state index contributed by atoms with van der Waals surface area (Å²) in [6.07, 6.45) is 0.514. The molecule has 0 radical (unpaired) electrons. The Morgan fingerprint density at radius 1 is 1.59 bits per heavy atom. The van der Waals surface area contributed by atoms with Crippen LogP contribution in [0.2, 0.25) is 0 Å². The fraction of sp³-hybridized carbons (Fsp3) is 0.364. The van der Waals surface area contributed by atoms with Crippen LogP contribution >= 0.6 is 0 Å². The summed E-state index contributed by atoms with van der Waals surface area (Å²) in [5, 5.41) is 13.2. The van der Waals surface area contributed by atoms with E-state index in [1.165, 1.54) is 12.1 Å². The lowest BCUT2D eigenvalue weighted by Gasteiger charge is -2.11. The highest BCUT2D eigenvalue weighted by Crippen LogP contribution is 2.21. The Kier molecular flexibility index (Phi) is 4.17. The van der Waals surface area contributed by atoms with E-state index in [0.29, 0.717) is 12.1 Å². The lowest BCUT2D eigenvalue weighted by Crippen LogP contribution is -2.35. The number of nitrogens with zero attached hydrogens (tertiary/aromatic N) is 1. The number of aryl methyl sites for hydroxylation is 1. The van der Waals surface area contributed by atoms with Gasteiger partial charge in [-0.3, -0.25) is 14.9 Å². The third-order valence-corrected chi connectivity index (χ3v) is 2.47. The Hall–Kier alpha value is -1.95. The molecular formula is C11H15N3O3. The predicted molar refractivity (Wildman–Crippen MR) is 64.7 cm³/mol. The molecule has 17 heavy (non-hydrogen) atoms. The number of amides is 1. The van der Waals surface area contributed by atoms with Crippen molar-refractivity contribution in [3.05, 3.63) is 33.9 Å².